The molecule has 8 heteroatoms. The van der Waals surface area contributed by atoms with Crippen LogP contribution in [0.15, 0.2) is 77.8 Å². The summed E-state index contributed by atoms with van der Waals surface area (Å²) in [6, 6.07) is 19.5. The van der Waals surface area contributed by atoms with Crippen LogP contribution in [0.5, 0.6) is 5.75 Å². The number of carbonyl (C=O) groups is 1. The van der Waals surface area contributed by atoms with Gasteiger partial charge in [-0.15, -0.1) is 0 Å². The minimum atomic E-state index is -0.370. The quantitative estimate of drug-likeness (QED) is 0.217. The SMILES string of the molecule is COc1ccc(N2C(=O)/C(=C\c3cn(Cc4ccc(F)cc4Cl)c4ccccc34)SC2=S)cc1. The van der Waals surface area contributed by atoms with Crippen molar-refractivity contribution >= 4 is 68.5 Å². The minimum absolute atomic E-state index is 0.168. The number of aromatic nitrogens is 1. The summed E-state index contributed by atoms with van der Waals surface area (Å²) in [5.74, 6) is 0.170. The number of fused-ring (bicyclic) bond motifs is 1. The maximum absolute atomic E-state index is 13.5. The molecule has 1 amide bonds. The molecule has 5 rings (SSSR count). The molecule has 1 aliphatic heterocycles. The summed E-state index contributed by atoms with van der Waals surface area (Å²) in [4.78, 5) is 15.3. The Balaban J connectivity index is 1.50. The van der Waals surface area contributed by atoms with Gasteiger partial charge in [0.2, 0.25) is 0 Å². The molecule has 4 aromatic rings. The second-order valence-electron chi connectivity index (χ2n) is 7.68. The number of anilines is 1. The fourth-order valence-corrected chi connectivity index (χ4v) is 5.43. The number of thiocarbonyl (C=S) groups is 1. The molecule has 0 radical (unpaired) electrons. The smallest absolute Gasteiger partial charge is 0.270 e. The molecule has 0 aliphatic carbocycles. The predicted molar refractivity (Wildman–Crippen MR) is 141 cm³/mol. The highest BCUT2D eigenvalue weighted by Gasteiger charge is 2.33. The Labute approximate surface area is 210 Å². The van der Waals surface area contributed by atoms with Gasteiger partial charge < -0.3 is 9.30 Å². The first-order chi connectivity index (χ1) is 16.4. The van der Waals surface area contributed by atoms with E-state index in [1.807, 2.05) is 53.2 Å². The van der Waals surface area contributed by atoms with Crippen LogP contribution < -0.4 is 9.64 Å². The van der Waals surface area contributed by atoms with Gasteiger partial charge in [0.15, 0.2) is 4.32 Å². The van der Waals surface area contributed by atoms with Crippen LogP contribution in [-0.4, -0.2) is 21.9 Å². The van der Waals surface area contributed by atoms with E-state index in [0.717, 1.165) is 22.0 Å². The molecule has 0 saturated carbocycles. The molecule has 1 aliphatic rings. The van der Waals surface area contributed by atoms with Crippen LogP contribution in [0, 0.1) is 5.82 Å². The second kappa shape index (κ2) is 9.25. The third-order valence-electron chi connectivity index (χ3n) is 5.59. The number of amides is 1. The summed E-state index contributed by atoms with van der Waals surface area (Å²) in [6.07, 6.45) is 3.85. The summed E-state index contributed by atoms with van der Waals surface area (Å²) < 4.78 is 21.2. The largest absolute Gasteiger partial charge is 0.497 e. The zero-order chi connectivity index (χ0) is 23.8. The van der Waals surface area contributed by atoms with E-state index in [9.17, 15) is 9.18 Å². The zero-order valence-electron chi connectivity index (χ0n) is 18.0. The van der Waals surface area contributed by atoms with Crippen molar-refractivity contribution in [3.63, 3.8) is 0 Å². The lowest BCUT2D eigenvalue weighted by atomic mass is 10.1. The van der Waals surface area contributed by atoms with Crippen LogP contribution in [-0.2, 0) is 11.3 Å². The Bertz CT molecular complexity index is 1460. The molecular formula is C26H18ClFN2O2S2. The van der Waals surface area contributed by atoms with Gasteiger partial charge in [0.25, 0.3) is 5.91 Å². The first kappa shape index (κ1) is 22.7. The first-order valence-electron chi connectivity index (χ1n) is 10.4. The van der Waals surface area contributed by atoms with Crippen molar-refractivity contribution < 1.29 is 13.9 Å². The van der Waals surface area contributed by atoms with Crippen LogP contribution in [0.4, 0.5) is 10.1 Å². The summed E-state index contributed by atoms with van der Waals surface area (Å²) in [5.41, 5.74) is 3.38. The third kappa shape index (κ3) is 4.22. The van der Waals surface area contributed by atoms with Gasteiger partial charge in [-0.2, -0.15) is 0 Å². The summed E-state index contributed by atoms with van der Waals surface area (Å²) >= 11 is 13.0. The Morgan fingerprint density at radius 2 is 1.88 bits per heavy atom. The average Bonchev–Trinajstić information content (AvgIpc) is 3.32. The van der Waals surface area contributed by atoms with E-state index in [1.54, 1.807) is 25.3 Å². The van der Waals surface area contributed by atoms with E-state index in [2.05, 4.69) is 0 Å². The number of nitrogens with zero attached hydrogens (tertiary/aromatic N) is 2. The number of carbonyl (C=O) groups excluding carboxylic acids is 1. The molecule has 2 heterocycles. The van der Waals surface area contributed by atoms with E-state index >= 15 is 0 Å². The average molecular weight is 509 g/mol. The highest BCUT2D eigenvalue weighted by Crippen LogP contribution is 2.37. The minimum Gasteiger partial charge on any atom is -0.497 e. The molecule has 4 nitrogen and oxygen atoms in total. The molecule has 0 spiro atoms. The number of ether oxygens (including phenoxy) is 1. The standard InChI is InChI=1S/C26H18ClFN2O2S2/c1-32-20-10-8-19(9-11-20)30-25(31)24(34-26(30)33)12-17-15-29(23-5-3-2-4-21(17)23)14-16-6-7-18(28)13-22(16)27/h2-13,15H,14H2,1H3/b24-12+. The molecule has 0 bridgehead atoms. The number of methoxy groups -OCH3 is 1. The fraction of sp³-hybridized carbons (Fsp3) is 0.0769. The summed E-state index contributed by atoms with van der Waals surface area (Å²) in [6.45, 7) is 0.472. The number of halogens is 2. The Morgan fingerprint density at radius 3 is 2.62 bits per heavy atom. The molecule has 34 heavy (non-hydrogen) atoms. The lowest BCUT2D eigenvalue weighted by molar-refractivity contribution is -0.113. The van der Waals surface area contributed by atoms with Crippen LogP contribution in [0.3, 0.4) is 0 Å². The molecule has 0 unspecified atom stereocenters. The molecular weight excluding hydrogens is 491 g/mol. The number of hydrogen-bond donors (Lipinski definition) is 0. The monoisotopic (exact) mass is 508 g/mol. The molecule has 0 atom stereocenters. The predicted octanol–water partition coefficient (Wildman–Crippen LogP) is 6.90. The van der Waals surface area contributed by atoms with Gasteiger partial charge in [0.05, 0.1) is 17.7 Å². The van der Waals surface area contributed by atoms with E-state index in [1.165, 1.54) is 28.8 Å². The molecule has 1 aromatic heterocycles. The van der Waals surface area contributed by atoms with Crippen molar-refractivity contribution in [1.29, 1.82) is 0 Å². The maximum atomic E-state index is 13.5. The van der Waals surface area contributed by atoms with Gasteiger partial charge >= 0.3 is 0 Å². The van der Waals surface area contributed by atoms with Crippen molar-refractivity contribution in [3.05, 3.63) is 99.8 Å². The van der Waals surface area contributed by atoms with Gasteiger partial charge in [0, 0.05) is 34.2 Å². The number of para-hydroxylation sites is 1. The van der Waals surface area contributed by atoms with E-state index in [4.69, 9.17) is 28.6 Å². The Kier molecular flexibility index (Phi) is 6.16. The van der Waals surface area contributed by atoms with Crippen molar-refractivity contribution in [3.8, 4) is 5.75 Å². The number of rotatable bonds is 5. The van der Waals surface area contributed by atoms with Gasteiger partial charge in [0.1, 0.15) is 11.6 Å². The molecule has 0 N–H and O–H groups in total. The van der Waals surface area contributed by atoms with Gasteiger partial charge in [-0.3, -0.25) is 9.69 Å². The number of thioether (sulfide) groups is 1. The summed E-state index contributed by atoms with van der Waals surface area (Å²) in [5, 5.41) is 1.37. The second-order valence-corrected chi connectivity index (χ2v) is 9.76. The van der Waals surface area contributed by atoms with Crippen LogP contribution in [0.2, 0.25) is 5.02 Å². The third-order valence-corrected chi connectivity index (χ3v) is 7.24. The Morgan fingerprint density at radius 1 is 1.12 bits per heavy atom. The highest BCUT2D eigenvalue weighted by molar-refractivity contribution is 8.27. The number of benzene rings is 3. The molecule has 3 aromatic carbocycles. The molecule has 1 saturated heterocycles. The van der Waals surface area contributed by atoms with Gasteiger partial charge in [-0.05, 0) is 54.1 Å². The van der Waals surface area contributed by atoms with Gasteiger partial charge in [-0.1, -0.05) is 59.8 Å². The van der Waals surface area contributed by atoms with Crippen molar-refractivity contribution in [1.82, 2.24) is 4.57 Å². The molecule has 1 fully saturated rings. The maximum Gasteiger partial charge on any atom is 0.270 e. The lowest BCUT2D eigenvalue weighted by Crippen LogP contribution is -2.27. The van der Waals surface area contributed by atoms with Gasteiger partial charge in [-0.25, -0.2) is 4.39 Å². The lowest BCUT2D eigenvalue weighted by Gasteiger charge is -2.14. The van der Waals surface area contributed by atoms with E-state index in [0.29, 0.717) is 32.2 Å². The Hall–Kier alpha value is -3.13. The van der Waals surface area contributed by atoms with Crippen LogP contribution in [0.25, 0.3) is 17.0 Å². The molecule has 170 valence electrons. The topological polar surface area (TPSA) is 34.5 Å². The van der Waals surface area contributed by atoms with Crippen molar-refractivity contribution in [2.24, 2.45) is 0 Å². The van der Waals surface area contributed by atoms with Crippen molar-refractivity contribution in [2.45, 2.75) is 6.54 Å². The number of hydrogen-bond acceptors (Lipinski definition) is 4. The van der Waals surface area contributed by atoms with Crippen molar-refractivity contribution in [2.75, 3.05) is 12.0 Å². The van der Waals surface area contributed by atoms with Crippen LogP contribution >= 0.6 is 35.6 Å². The normalized spacial score (nSPS) is 15.0. The first-order valence-corrected chi connectivity index (χ1v) is 12.0. The van der Waals surface area contributed by atoms with E-state index in [-0.39, 0.29) is 11.7 Å². The zero-order valence-corrected chi connectivity index (χ0v) is 20.4. The van der Waals surface area contributed by atoms with Crippen LogP contribution in [0.1, 0.15) is 11.1 Å². The summed E-state index contributed by atoms with van der Waals surface area (Å²) in [7, 11) is 1.60. The fourth-order valence-electron chi connectivity index (χ4n) is 3.92. The highest BCUT2D eigenvalue weighted by atomic mass is 35.5. The van der Waals surface area contributed by atoms with E-state index < -0.39 is 0 Å².